The molecule has 0 radical (unpaired) electrons. The summed E-state index contributed by atoms with van der Waals surface area (Å²) in [5.74, 6) is -0.400. The summed E-state index contributed by atoms with van der Waals surface area (Å²) in [5, 5.41) is 27.7. The first-order chi connectivity index (χ1) is 13.4. The first-order valence-corrected chi connectivity index (χ1v) is 8.48. The Morgan fingerprint density at radius 3 is 2.18 bits per heavy atom. The van der Waals surface area contributed by atoms with Gasteiger partial charge in [-0.2, -0.15) is 15.5 Å². The molecule has 0 aliphatic carbocycles. The van der Waals surface area contributed by atoms with E-state index in [0.29, 0.717) is 17.9 Å². The lowest BCUT2D eigenvalue weighted by atomic mass is 10.2. The number of nitrogens with zero attached hydrogens (tertiary/aromatic N) is 5. The number of hydrogen-bond acceptors (Lipinski definition) is 8. The van der Waals surface area contributed by atoms with Crippen LogP contribution in [0.5, 0.6) is 0 Å². The maximum absolute atomic E-state index is 11.2. The second kappa shape index (κ2) is 9.78. The summed E-state index contributed by atoms with van der Waals surface area (Å²) in [6.07, 6.45) is -0.230. The number of hydrogen-bond donors (Lipinski definition) is 0. The van der Waals surface area contributed by atoms with Gasteiger partial charge in [-0.25, -0.2) is 0 Å². The molecule has 9 nitrogen and oxygen atoms in total. The predicted molar refractivity (Wildman–Crippen MR) is 103 cm³/mol. The van der Waals surface area contributed by atoms with E-state index in [-0.39, 0.29) is 12.1 Å². The summed E-state index contributed by atoms with van der Waals surface area (Å²) in [6, 6.07) is 14.9. The van der Waals surface area contributed by atoms with Gasteiger partial charge in [0.2, 0.25) is 0 Å². The molecular weight excluding hydrogens is 362 g/mol. The largest absolute Gasteiger partial charge is 0.442 e. The van der Waals surface area contributed by atoms with E-state index in [9.17, 15) is 14.9 Å². The first-order valence-electron chi connectivity index (χ1n) is 8.48. The van der Waals surface area contributed by atoms with Crippen molar-refractivity contribution >= 4 is 28.7 Å². The molecule has 1 unspecified atom stereocenters. The number of esters is 1. The number of carbonyl (C=O) groups excluding carboxylic acids is 1. The van der Waals surface area contributed by atoms with Crippen molar-refractivity contribution < 1.29 is 14.5 Å². The average molecular weight is 381 g/mol. The second-order valence-electron chi connectivity index (χ2n) is 5.80. The molecule has 9 heteroatoms. The monoisotopic (exact) mass is 381 g/mol. The zero-order valence-corrected chi connectivity index (χ0v) is 15.5. The summed E-state index contributed by atoms with van der Waals surface area (Å²) in [5.41, 5.74) is 1.84. The van der Waals surface area contributed by atoms with E-state index in [1.807, 2.05) is 4.90 Å². The standard InChI is InChI=1S/C19H19N5O4/c1-14(28-15(2)25)23(13-3-12-20)18-8-4-16(5-9-18)21-22-17-6-10-19(11-7-17)24(26)27/h4-11,14H,3,13H2,1-2H3. The molecule has 0 saturated carbocycles. The van der Waals surface area contributed by atoms with E-state index < -0.39 is 17.1 Å². The van der Waals surface area contributed by atoms with Gasteiger partial charge in [-0.05, 0) is 43.3 Å². The third-order valence-electron chi connectivity index (χ3n) is 3.76. The van der Waals surface area contributed by atoms with Gasteiger partial charge in [0.05, 0.1) is 28.8 Å². The number of anilines is 1. The molecule has 1 atom stereocenters. The van der Waals surface area contributed by atoms with Crippen molar-refractivity contribution in [3.05, 3.63) is 58.6 Å². The molecule has 0 aliphatic rings. The van der Waals surface area contributed by atoms with Gasteiger partial charge < -0.3 is 9.64 Å². The van der Waals surface area contributed by atoms with Crippen LogP contribution in [0.4, 0.5) is 22.7 Å². The Labute approximate surface area is 162 Å². The zero-order valence-electron chi connectivity index (χ0n) is 15.5. The number of ether oxygens (including phenoxy) is 1. The fraction of sp³-hybridized carbons (Fsp3) is 0.263. The van der Waals surface area contributed by atoms with Crippen molar-refractivity contribution in [1.82, 2.24) is 0 Å². The smallest absolute Gasteiger partial charge is 0.304 e. The van der Waals surface area contributed by atoms with Gasteiger partial charge in [-0.1, -0.05) is 0 Å². The number of nitro benzene ring substituents is 1. The van der Waals surface area contributed by atoms with Gasteiger partial charge in [0, 0.05) is 31.3 Å². The van der Waals surface area contributed by atoms with Gasteiger partial charge in [0.1, 0.15) is 0 Å². The Balaban J connectivity index is 2.12. The van der Waals surface area contributed by atoms with E-state index in [0.717, 1.165) is 5.69 Å². The number of nitriles is 1. The quantitative estimate of drug-likeness (QED) is 0.216. The highest BCUT2D eigenvalue weighted by molar-refractivity contribution is 5.66. The van der Waals surface area contributed by atoms with Gasteiger partial charge in [0.25, 0.3) is 5.69 Å². The van der Waals surface area contributed by atoms with Gasteiger partial charge in [0.15, 0.2) is 6.23 Å². The maximum Gasteiger partial charge on any atom is 0.304 e. The second-order valence-corrected chi connectivity index (χ2v) is 5.80. The number of benzene rings is 2. The lowest BCUT2D eigenvalue weighted by Crippen LogP contribution is -2.37. The van der Waals surface area contributed by atoms with Crippen molar-refractivity contribution in [2.45, 2.75) is 26.5 Å². The van der Waals surface area contributed by atoms with Crippen molar-refractivity contribution in [3.63, 3.8) is 0 Å². The Morgan fingerprint density at radius 1 is 1.18 bits per heavy atom. The van der Waals surface area contributed by atoms with Gasteiger partial charge in [-0.15, -0.1) is 0 Å². The molecule has 0 amide bonds. The van der Waals surface area contributed by atoms with Crippen molar-refractivity contribution in [2.75, 3.05) is 11.4 Å². The highest BCUT2D eigenvalue weighted by atomic mass is 16.6. The molecule has 0 fully saturated rings. The minimum Gasteiger partial charge on any atom is -0.442 e. The molecule has 28 heavy (non-hydrogen) atoms. The number of nitro groups is 1. The molecule has 0 spiro atoms. The van der Waals surface area contributed by atoms with Crippen LogP contribution in [0.25, 0.3) is 0 Å². The van der Waals surface area contributed by atoms with E-state index in [2.05, 4.69) is 16.3 Å². The average Bonchev–Trinajstić information content (AvgIpc) is 2.67. The summed E-state index contributed by atoms with van der Waals surface area (Å²) >= 11 is 0. The summed E-state index contributed by atoms with van der Waals surface area (Å²) in [4.78, 5) is 23.2. The Kier molecular flexibility index (Phi) is 7.16. The number of azo groups is 1. The van der Waals surface area contributed by atoms with Crippen molar-refractivity contribution in [1.29, 1.82) is 5.26 Å². The molecule has 144 valence electrons. The highest BCUT2D eigenvalue weighted by Gasteiger charge is 2.16. The Bertz CT molecular complexity index is 888. The molecule has 0 bridgehead atoms. The van der Waals surface area contributed by atoms with Crippen LogP contribution in [0.2, 0.25) is 0 Å². The van der Waals surface area contributed by atoms with E-state index >= 15 is 0 Å². The molecule has 0 aromatic heterocycles. The van der Waals surface area contributed by atoms with Crippen LogP contribution in [-0.2, 0) is 9.53 Å². The Morgan fingerprint density at radius 2 is 1.71 bits per heavy atom. The van der Waals surface area contributed by atoms with Crippen LogP contribution >= 0.6 is 0 Å². The molecule has 2 rings (SSSR count). The highest BCUT2D eigenvalue weighted by Crippen LogP contribution is 2.25. The van der Waals surface area contributed by atoms with Crippen molar-refractivity contribution in [3.8, 4) is 6.07 Å². The van der Waals surface area contributed by atoms with Crippen LogP contribution in [-0.4, -0.2) is 23.7 Å². The molecule has 0 saturated heterocycles. The molecule has 2 aromatic carbocycles. The zero-order chi connectivity index (χ0) is 20.5. The SMILES string of the molecule is CC(=O)OC(C)N(CCC#N)c1ccc(N=Nc2ccc([N+](=O)[O-])cc2)cc1. The van der Waals surface area contributed by atoms with Gasteiger partial charge in [-0.3, -0.25) is 14.9 Å². The molecule has 0 N–H and O–H groups in total. The normalized spacial score (nSPS) is 11.6. The van der Waals surface area contributed by atoms with Crippen LogP contribution in [0.3, 0.4) is 0 Å². The minimum atomic E-state index is -0.515. The fourth-order valence-electron chi connectivity index (χ4n) is 2.46. The van der Waals surface area contributed by atoms with E-state index in [1.54, 1.807) is 31.2 Å². The summed E-state index contributed by atoms with van der Waals surface area (Å²) < 4.78 is 5.21. The van der Waals surface area contributed by atoms with Crippen molar-refractivity contribution in [2.24, 2.45) is 10.2 Å². The number of carbonyl (C=O) groups is 1. The molecular formula is C19H19N5O4. The third-order valence-corrected chi connectivity index (χ3v) is 3.76. The maximum atomic E-state index is 11.2. The van der Waals surface area contributed by atoms with E-state index in [4.69, 9.17) is 10.00 Å². The predicted octanol–water partition coefficient (Wildman–Crippen LogP) is 4.64. The molecule has 0 aliphatic heterocycles. The molecule has 0 heterocycles. The van der Waals surface area contributed by atoms with E-state index in [1.165, 1.54) is 31.2 Å². The molecule has 2 aromatic rings. The fourth-order valence-corrected chi connectivity index (χ4v) is 2.46. The minimum absolute atomic E-state index is 0.0114. The summed E-state index contributed by atoms with van der Waals surface area (Å²) in [7, 11) is 0. The Hall–Kier alpha value is -3.80. The topological polar surface area (TPSA) is 121 Å². The first kappa shape index (κ1) is 20.5. The third kappa shape index (κ3) is 5.88. The van der Waals surface area contributed by atoms with Crippen LogP contribution < -0.4 is 4.90 Å². The van der Waals surface area contributed by atoms with Gasteiger partial charge >= 0.3 is 5.97 Å². The van der Waals surface area contributed by atoms with Crippen LogP contribution in [0.15, 0.2) is 58.8 Å². The lowest BCUT2D eigenvalue weighted by molar-refractivity contribution is -0.384. The number of rotatable bonds is 8. The summed E-state index contributed by atoms with van der Waals surface area (Å²) in [6.45, 7) is 3.48. The van der Waals surface area contributed by atoms with Crippen LogP contribution in [0, 0.1) is 21.4 Å². The lowest BCUT2D eigenvalue weighted by Gasteiger charge is -2.29. The van der Waals surface area contributed by atoms with Crippen LogP contribution in [0.1, 0.15) is 20.3 Å². The number of non-ortho nitro benzene ring substituents is 1.